The highest BCUT2D eigenvalue weighted by Gasteiger charge is 2.40. The number of aryl methyl sites for hydroxylation is 1. The zero-order chi connectivity index (χ0) is 14.9. The molecule has 3 rings (SSSR count). The highest BCUT2D eigenvalue weighted by atomic mass is 32.2. The zero-order valence-corrected chi connectivity index (χ0v) is 13.4. The van der Waals surface area contributed by atoms with Crippen molar-refractivity contribution >= 4 is 10.0 Å². The fourth-order valence-electron chi connectivity index (χ4n) is 3.47. The van der Waals surface area contributed by atoms with Crippen LogP contribution in [0.1, 0.15) is 31.7 Å². The van der Waals surface area contributed by atoms with Gasteiger partial charge in [-0.05, 0) is 49.4 Å². The molecule has 0 amide bonds. The second-order valence-electron chi connectivity index (χ2n) is 6.18. The summed E-state index contributed by atoms with van der Waals surface area (Å²) in [5.74, 6) is 0.480. The number of benzene rings is 1. The van der Waals surface area contributed by atoms with Crippen LogP contribution in [0.25, 0.3) is 0 Å². The van der Waals surface area contributed by atoms with E-state index in [0.29, 0.717) is 29.9 Å². The second-order valence-corrected chi connectivity index (χ2v) is 8.12. The average molecular weight is 308 g/mol. The van der Waals surface area contributed by atoms with Gasteiger partial charge in [-0.1, -0.05) is 25.5 Å². The molecule has 1 aromatic rings. The Morgan fingerprint density at radius 2 is 2.00 bits per heavy atom. The Bertz CT molecular complexity index is 569. The summed E-state index contributed by atoms with van der Waals surface area (Å²) in [7, 11) is -3.34. The van der Waals surface area contributed by atoms with Gasteiger partial charge in [-0.15, -0.1) is 0 Å². The maximum atomic E-state index is 12.7. The van der Waals surface area contributed by atoms with Crippen molar-refractivity contribution in [3.63, 3.8) is 0 Å². The van der Waals surface area contributed by atoms with Gasteiger partial charge < -0.3 is 5.32 Å². The van der Waals surface area contributed by atoms with Crippen molar-refractivity contribution in [2.24, 2.45) is 5.92 Å². The van der Waals surface area contributed by atoms with E-state index in [1.165, 1.54) is 5.56 Å². The van der Waals surface area contributed by atoms with E-state index in [4.69, 9.17) is 0 Å². The summed E-state index contributed by atoms with van der Waals surface area (Å²) in [5, 5.41) is 3.45. The molecule has 0 aliphatic carbocycles. The lowest BCUT2D eigenvalue weighted by molar-refractivity contribution is 0.339. The third-order valence-electron chi connectivity index (χ3n) is 4.67. The van der Waals surface area contributed by atoms with Gasteiger partial charge in [-0.2, -0.15) is 4.31 Å². The SMILES string of the molecule is CCCc1ccc(S(=O)(=O)N2CC3CCCNC3C2)cc1. The third-order valence-corrected chi connectivity index (χ3v) is 6.51. The molecular formula is C16H24N2O2S. The Hall–Kier alpha value is -0.910. The maximum absolute atomic E-state index is 12.7. The van der Waals surface area contributed by atoms with E-state index in [1.54, 1.807) is 16.4 Å². The number of rotatable bonds is 4. The molecule has 0 radical (unpaired) electrons. The molecule has 2 aliphatic heterocycles. The van der Waals surface area contributed by atoms with Crippen molar-refractivity contribution in [2.75, 3.05) is 19.6 Å². The lowest BCUT2D eigenvalue weighted by Crippen LogP contribution is -2.41. The van der Waals surface area contributed by atoms with Gasteiger partial charge in [0.2, 0.25) is 10.0 Å². The van der Waals surface area contributed by atoms with Crippen LogP contribution >= 0.6 is 0 Å². The molecule has 2 fully saturated rings. The highest BCUT2D eigenvalue weighted by Crippen LogP contribution is 2.29. The monoisotopic (exact) mass is 308 g/mol. The Balaban J connectivity index is 1.77. The van der Waals surface area contributed by atoms with E-state index in [9.17, 15) is 8.42 Å². The second kappa shape index (κ2) is 6.07. The van der Waals surface area contributed by atoms with E-state index in [1.807, 2.05) is 12.1 Å². The van der Waals surface area contributed by atoms with Gasteiger partial charge in [0.25, 0.3) is 0 Å². The Morgan fingerprint density at radius 3 is 2.67 bits per heavy atom. The van der Waals surface area contributed by atoms with Crippen LogP contribution in [0.3, 0.4) is 0 Å². The number of hydrogen-bond donors (Lipinski definition) is 1. The molecule has 0 saturated carbocycles. The lowest BCUT2D eigenvalue weighted by atomic mass is 9.94. The van der Waals surface area contributed by atoms with E-state index < -0.39 is 10.0 Å². The Kier molecular flexibility index (Phi) is 4.33. The number of nitrogens with zero attached hydrogens (tertiary/aromatic N) is 1. The van der Waals surface area contributed by atoms with Crippen LogP contribution in [0, 0.1) is 5.92 Å². The first-order valence-corrected chi connectivity index (χ1v) is 9.37. The number of piperidine rings is 1. The van der Waals surface area contributed by atoms with E-state index in [0.717, 1.165) is 32.2 Å². The fourth-order valence-corrected chi connectivity index (χ4v) is 4.99. The van der Waals surface area contributed by atoms with Crippen LogP contribution in [-0.4, -0.2) is 38.4 Å². The van der Waals surface area contributed by atoms with Crippen LogP contribution in [0.5, 0.6) is 0 Å². The van der Waals surface area contributed by atoms with Crippen LogP contribution in [0.15, 0.2) is 29.2 Å². The van der Waals surface area contributed by atoms with Gasteiger partial charge in [0.15, 0.2) is 0 Å². The molecule has 2 atom stereocenters. The van der Waals surface area contributed by atoms with E-state index in [2.05, 4.69) is 12.2 Å². The Morgan fingerprint density at radius 1 is 1.24 bits per heavy atom. The summed E-state index contributed by atoms with van der Waals surface area (Å²) in [6.07, 6.45) is 4.37. The quantitative estimate of drug-likeness (QED) is 0.926. The zero-order valence-electron chi connectivity index (χ0n) is 12.6. The van der Waals surface area contributed by atoms with Gasteiger partial charge in [0, 0.05) is 19.1 Å². The van der Waals surface area contributed by atoms with Crippen LogP contribution < -0.4 is 5.32 Å². The van der Waals surface area contributed by atoms with E-state index >= 15 is 0 Å². The first-order valence-electron chi connectivity index (χ1n) is 7.93. The molecule has 2 aliphatic rings. The Labute approximate surface area is 127 Å². The highest BCUT2D eigenvalue weighted by molar-refractivity contribution is 7.89. The fraction of sp³-hybridized carbons (Fsp3) is 0.625. The summed E-state index contributed by atoms with van der Waals surface area (Å²) in [6.45, 7) is 4.42. The average Bonchev–Trinajstić information content (AvgIpc) is 2.93. The topological polar surface area (TPSA) is 49.4 Å². The van der Waals surface area contributed by atoms with Crippen molar-refractivity contribution in [1.82, 2.24) is 9.62 Å². The van der Waals surface area contributed by atoms with Gasteiger partial charge in [-0.3, -0.25) is 0 Å². The van der Waals surface area contributed by atoms with Gasteiger partial charge in [0.05, 0.1) is 4.90 Å². The minimum atomic E-state index is -3.34. The summed E-state index contributed by atoms with van der Waals surface area (Å²) in [5.41, 5.74) is 1.20. The van der Waals surface area contributed by atoms with E-state index in [-0.39, 0.29) is 0 Å². The van der Waals surface area contributed by atoms with Crippen LogP contribution in [0.4, 0.5) is 0 Å². The first kappa shape index (κ1) is 15.0. The summed E-state index contributed by atoms with van der Waals surface area (Å²) >= 11 is 0. The molecule has 2 unspecified atom stereocenters. The van der Waals surface area contributed by atoms with Crippen molar-refractivity contribution < 1.29 is 8.42 Å². The molecule has 1 aromatic carbocycles. The molecule has 5 heteroatoms. The molecule has 0 spiro atoms. The minimum Gasteiger partial charge on any atom is -0.312 e. The predicted octanol–water partition coefficient (Wildman–Crippen LogP) is 2.01. The summed E-state index contributed by atoms with van der Waals surface area (Å²) in [4.78, 5) is 0.431. The van der Waals surface area contributed by atoms with Gasteiger partial charge in [0.1, 0.15) is 0 Å². The smallest absolute Gasteiger partial charge is 0.243 e. The van der Waals surface area contributed by atoms with Gasteiger partial charge in [-0.25, -0.2) is 8.42 Å². The molecule has 116 valence electrons. The summed E-state index contributed by atoms with van der Waals surface area (Å²) in [6, 6.07) is 7.74. The number of nitrogens with one attached hydrogen (secondary N) is 1. The molecule has 0 aromatic heterocycles. The number of fused-ring (bicyclic) bond motifs is 1. The molecule has 2 heterocycles. The number of hydrogen-bond acceptors (Lipinski definition) is 3. The molecular weight excluding hydrogens is 284 g/mol. The standard InChI is InChI=1S/C16H24N2O2S/c1-2-4-13-6-8-15(9-7-13)21(19,20)18-11-14-5-3-10-17-16(14)12-18/h6-9,14,16-17H,2-5,10-12H2,1H3. The predicted molar refractivity (Wildman–Crippen MR) is 83.7 cm³/mol. The largest absolute Gasteiger partial charge is 0.312 e. The van der Waals surface area contributed by atoms with Crippen LogP contribution in [-0.2, 0) is 16.4 Å². The summed E-state index contributed by atoms with van der Waals surface area (Å²) < 4.78 is 27.2. The maximum Gasteiger partial charge on any atom is 0.243 e. The molecule has 0 bridgehead atoms. The van der Waals surface area contributed by atoms with Crippen molar-refractivity contribution in [3.8, 4) is 0 Å². The first-order chi connectivity index (χ1) is 10.1. The molecule has 21 heavy (non-hydrogen) atoms. The minimum absolute atomic E-state index is 0.341. The third kappa shape index (κ3) is 3.00. The number of sulfonamides is 1. The van der Waals surface area contributed by atoms with Crippen molar-refractivity contribution in [1.29, 1.82) is 0 Å². The molecule has 2 saturated heterocycles. The normalized spacial score (nSPS) is 26.7. The molecule has 4 nitrogen and oxygen atoms in total. The van der Waals surface area contributed by atoms with Gasteiger partial charge >= 0.3 is 0 Å². The molecule has 1 N–H and O–H groups in total. The lowest BCUT2D eigenvalue weighted by Gasteiger charge is -2.24. The van der Waals surface area contributed by atoms with Crippen molar-refractivity contribution in [2.45, 2.75) is 43.5 Å². The van der Waals surface area contributed by atoms with Crippen LogP contribution in [0.2, 0.25) is 0 Å². The van der Waals surface area contributed by atoms with Crippen molar-refractivity contribution in [3.05, 3.63) is 29.8 Å².